The van der Waals surface area contributed by atoms with Crippen molar-refractivity contribution in [1.82, 2.24) is 0 Å². The van der Waals surface area contributed by atoms with E-state index in [9.17, 15) is 39.1 Å². The lowest BCUT2D eigenvalue weighted by Crippen LogP contribution is -2.46. The number of hydrogen-bond acceptors (Lipinski definition) is 3. The molecule has 0 spiro atoms. The van der Waals surface area contributed by atoms with E-state index in [1.54, 1.807) is 0 Å². The van der Waals surface area contributed by atoms with Crippen molar-refractivity contribution in [1.29, 1.82) is 0 Å². The number of hydrogen-bond donors (Lipinski definition) is 0. The highest BCUT2D eigenvalue weighted by Crippen LogP contribution is 2.36. The zero-order chi connectivity index (χ0) is 11.8. The van der Waals surface area contributed by atoms with Gasteiger partial charge >= 0.3 is 22.3 Å². The van der Waals surface area contributed by atoms with Crippen LogP contribution in [0.25, 0.3) is 0 Å². The molecule has 0 aliphatic heterocycles. The van der Waals surface area contributed by atoms with Gasteiger partial charge in [0.05, 0.1) is 0 Å². The summed E-state index contributed by atoms with van der Waals surface area (Å²) in [4.78, 5) is 10.0. The van der Waals surface area contributed by atoms with Gasteiger partial charge in [0.1, 0.15) is 5.75 Å². The van der Waals surface area contributed by atoms with Gasteiger partial charge in [0.15, 0.2) is 0 Å². The van der Waals surface area contributed by atoms with Gasteiger partial charge in [-0.1, -0.05) is 0 Å². The van der Waals surface area contributed by atoms with Crippen LogP contribution in [0.5, 0.6) is 0 Å². The van der Waals surface area contributed by atoms with Gasteiger partial charge in [-0.05, 0) is 0 Å². The molecule has 0 unspecified atom stereocenters. The van der Waals surface area contributed by atoms with Crippen LogP contribution < -0.4 is 0 Å². The second kappa shape index (κ2) is 3.41. The third kappa shape index (κ3) is 3.16. The van der Waals surface area contributed by atoms with E-state index in [0.29, 0.717) is 0 Å². The fourth-order valence-electron chi connectivity index (χ4n) is 0.405. The number of carbonyl (C=O) groups excluding carboxylic acids is 1. The van der Waals surface area contributed by atoms with Gasteiger partial charge in [-0.25, -0.2) is 0 Å². The van der Waals surface area contributed by atoms with Crippen molar-refractivity contribution in [3.8, 4) is 0 Å². The molecule has 0 bridgehead atoms. The zero-order valence-electron chi connectivity index (χ0n) is 6.11. The predicted octanol–water partition coefficient (Wildman–Crippen LogP) is 1.05. The Kier molecular flexibility index (Phi) is 3.21. The van der Waals surface area contributed by atoms with Gasteiger partial charge in [0, 0.05) is 0 Å². The van der Waals surface area contributed by atoms with Gasteiger partial charge in [-0.3, -0.25) is 4.79 Å². The quantitative estimate of drug-likeness (QED) is 0.550. The average molecular weight is 244 g/mol. The number of ketones is 1. The maximum atomic E-state index is 11.9. The van der Waals surface area contributed by atoms with E-state index in [2.05, 4.69) is 0 Å². The van der Waals surface area contributed by atoms with Crippen LogP contribution in [-0.4, -0.2) is 32.1 Å². The lowest BCUT2D eigenvalue weighted by molar-refractivity contribution is -0.267. The first-order valence-corrected chi connectivity index (χ1v) is 4.33. The van der Waals surface area contributed by atoms with E-state index in [4.69, 9.17) is 0 Å². The minimum atomic E-state index is -6.23. The maximum absolute atomic E-state index is 11.9. The molecule has 0 aliphatic carbocycles. The standard InChI is InChI=1S/C4H2F6O3S/c5-3(6,4(7,8)9)2(11)1-14(10,12)13/h1H2. The van der Waals surface area contributed by atoms with E-state index in [0.717, 1.165) is 0 Å². The van der Waals surface area contributed by atoms with E-state index in [1.165, 1.54) is 0 Å². The van der Waals surface area contributed by atoms with Crippen LogP contribution in [0.1, 0.15) is 0 Å². The minimum Gasteiger partial charge on any atom is -0.291 e. The van der Waals surface area contributed by atoms with Crippen LogP contribution >= 0.6 is 0 Å². The summed E-state index contributed by atoms with van der Waals surface area (Å²) in [7, 11) is -5.70. The minimum absolute atomic E-state index is 2.50. The first kappa shape index (κ1) is 13.2. The van der Waals surface area contributed by atoms with E-state index in [-0.39, 0.29) is 0 Å². The van der Waals surface area contributed by atoms with Crippen LogP contribution in [0.2, 0.25) is 0 Å². The molecule has 0 N–H and O–H groups in total. The number of Topliss-reactive ketones (excluding diaryl/α,β-unsaturated/α-hetero) is 1. The molecule has 0 saturated carbocycles. The molecule has 10 heteroatoms. The van der Waals surface area contributed by atoms with Crippen molar-refractivity contribution in [2.45, 2.75) is 12.1 Å². The molecule has 3 nitrogen and oxygen atoms in total. The summed E-state index contributed by atoms with van der Waals surface area (Å²) in [6.45, 7) is 0. The summed E-state index contributed by atoms with van der Waals surface area (Å²) in [5.74, 6) is -11.4. The fraction of sp³-hybridized carbons (Fsp3) is 0.750. The van der Waals surface area contributed by atoms with E-state index in [1.807, 2.05) is 0 Å². The number of rotatable bonds is 3. The lowest BCUT2D eigenvalue weighted by atomic mass is 10.2. The van der Waals surface area contributed by atoms with Crippen molar-refractivity contribution in [2.75, 3.05) is 5.75 Å². The van der Waals surface area contributed by atoms with Crippen molar-refractivity contribution < 1.29 is 39.1 Å². The molecule has 0 aromatic heterocycles. The van der Waals surface area contributed by atoms with E-state index >= 15 is 0 Å². The fourth-order valence-corrected chi connectivity index (χ4v) is 0.900. The molecule has 0 aromatic carbocycles. The second-order valence-corrected chi connectivity index (χ2v) is 3.54. The van der Waals surface area contributed by atoms with Crippen LogP contribution in [0.4, 0.5) is 25.8 Å². The molecule has 0 amide bonds. The SMILES string of the molecule is O=C(CS(=O)(=O)F)C(F)(F)C(F)(F)F. The van der Waals surface area contributed by atoms with Gasteiger partial charge in [-0.15, -0.1) is 3.89 Å². The smallest absolute Gasteiger partial charge is 0.291 e. The molecule has 0 fully saturated rings. The molecule has 0 aromatic rings. The summed E-state index contributed by atoms with van der Waals surface area (Å²) in [5, 5.41) is 0. The van der Waals surface area contributed by atoms with Crippen LogP contribution in [0.15, 0.2) is 0 Å². The molecule has 84 valence electrons. The second-order valence-electron chi connectivity index (χ2n) is 2.18. The molecule has 0 heterocycles. The molecular formula is C4H2F6O3S. The van der Waals surface area contributed by atoms with E-state index < -0.39 is 33.9 Å². The topological polar surface area (TPSA) is 51.2 Å². The molecule has 0 aliphatic rings. The van der Waals surface area contributed by atoms with Crippen LogP contribution in [-0.2, 0) is 15.0 Å². The molecule has 0 radical (unpaired) electrons. The Morgan fingerprint density at radius 1 is 1.07 bits per heavy atom. The molecule has 0 saturated heterocycles. The molecular weight excluding hydrogens is 242 g/mol. The third-order valence-electron chi connectivity index (χ3n) is 1.01. The highest BCUT2D eigenvalue weighted by atomic mass is 32.3. The number of halogens is 6. The Balaban J connectivity index is 4.88. The highest BCUT2D eigenvalue weighted by molar-refractivity contribution is 7.87. The van der Waals surface area contributed by atoms with Gasteiger partial charge in [0.2, 0.25) is 5.78 Å². The molecule has 0 atom stereocenters. The van der Waals surface area contributed by atoms with Crippen LogP contribution in [0, 0.1) is 0 Å². The first-order chi connectivity index (χ1) is 5.88. The molecule has 0 rings (SSSR count). The lowest BCUT2D eigenvalue weighted by Gasteiger charge is -2.16. The Morgan fingerprint density at radius 2 is 1.43 bits per heavy atom. The summed E-state index contributed by atoms with van der Waals surface area (Å²) in [5.41, 5.74) is 0. The zero-order valence-corrected chi connectivity index (χ0v) is 6.92. The summed E-state index contributed by atoms with van der Waals surface area (Å²) in [6, 6.07) is 0. The van der Waals surface area contributed by atoms with Gasteiger partial charge in [-0.2, -0.15) is 30.4 Å². The predicted molar refractivity (Wildman–Crippen MR) is 30.9 cm³/mol. The summed E-state index contributed by atoms with van der Waals surface area (Å²) in [6.07, 6.45) is -6.23. The van der Waals surface area contributed by atoms with Crippen molar-refractivity contribution in [2.24, 2.45) is 0 Å². The Bertz CT molecular complexity index is 327. The largest absolute Gasteiger partial charge is 0.461 e. The Morgan fingerprint density at radius 3 is 1.64 bits per heavy atom. The third-order valence-corrected chi connectivity index (χ3v) is 1.62. The van der Waals surface area contributed by atoms with Crippen molar-refractivity contribution >= 4 is 16.0 Å². The maximum Gasteiger partial charge on any atom is 0.461 e. The van der Waals surface area contributed by atoms with Gasteiger partial charge in [0.25, 0.3) is 0 Å². The summed E-state index contributed by atoms with van der Waals surface area (Å²) >= 11 is 0. The number of alkyl halides is 5. The monoisotopic (exact) mass is 244 g/mol. The van der Waals surface area contributed by atoms with Crippen LogP contribution in [0.3, 0.4) is 0 Å². The van der Waals surface area contributed by atoms with Crippen molar-refractivity contribution in [3.63, 3.8) is 0 Å². The molecule has 14 heavy (non-hydrogen) atoms. The Hall–Kier alpha value is -0.800. The summed E-state index contributed by atoms with van der Waals surface area (Å²) < 4.78 is 88.9. The normalized spacial score (nSPS) is 14.1. The number of carbonyl (C=O) groups is 1. The van der Waals surface area contributed by atoms with Crippen molar-refractivity contribution in [3.05, 3.63) is 0 Å². The van der Waals surface area contributed by atoms with Gasteiger partial charge < -0.3 is 0 Å². The first-order valence-electron chi connectivity index (χ1n) is 2.78. The average Bonchev–Trinajstić information content (AvgIpc) is 1.80. The highest BCUT2D eigenvalue weighted by Gasteiger charge is 2.63. The Labute approximate surface area is 73.9 Å².